The number of nitrogens with one attached hydrogen (secondary N) is 2. The largest absolute Gasteiger partial charge is 0.438 e. The van der Waals surface area contributed by atoms with E-state index in [-0.39, 0.29) is 29.7 Å². The normalized spacial score (nSPS) is 11.2. The second-order valence-corrected chi connectivity index (χ2v) is 14.6. The van der Waals surface area contributed by atoms with Gasteiger partial charge in [-0.05, 0) is 0 Å². The highest BCUT2D eigenvalue weighted by molar-refractivity contribution is 8.03. The van der Waals surface area contributed by atoms with Crippen LogP contribution in [0.15, 0.2) is 9.98 Å². The van der Waals surface area contributed by atoms with E-state index in [4.69, 9.17) is 34.3 Å². The van der Waals surface area contributed by atoms with Gasteiger partial charge in [0.2, 0.25) is 12.8 Å². The Morgan fingerprint density at radius 2 is 0.976 bits per heavy atom. The maximum atomic E-state index is 11.7. The Morgan fingerprint density at radius 1 is 0.571 bits per heavy atom. The second kappa shape index (κ2) is 37.3. The van der Waals surface area contributed by atoms with Crippen LogP contribution < -0.4 is 10.6 Å². The van der Waals surface area contributed by atoms with Gasteiger partial charge in [-0.1, -0.05) is 11.8 Å². The number of carbonyl (C=O) groups excluding carboxylic acids is 2. The van der Waals surface area contributed by atoms with Crippen LogP contribution in [0.5, 0.6) is 0 Å². The Balaban J connectivity index is 3.26. The lowest BCUT2D eigenvalue weighted by atomic mass is 11.0. The smallest absolute Gasteiger partial charge is 0.408 e. The number of alkyl carbamates (subject to hydrolysis) is 2. The van der Waals surface area contributed by atoms with Gasteiger partial charge in [-0.3, -0.25) is 0 Å². The highest BCUT2D eigenvalue weighted by Gasteiger charge is 2.02. The summed E-state index contributed by atoms with van der Waals surface area (Å²) in [5, 5.41) is 22.4. The van der Waals surface area contributed by atoms with Gasteiger partial charge in [0, 0.05) is 34.5 Å². The zero-order valence-corrected chi connectivity index (χ0v) is 29.3. The first-order chi connectivity index (χ1) is 20.7. The van der Waals surface area contributed by atoms with Gasteiger partial charge in [0.05, 0.1) is 35.4 Å². The molecule has 0 aromatic carbocycles. The first-order valence-corrected chi connectivity index (χ1v) is 21.1. The highest BCUT2D eigenvalue weighted by atomic mass is 32.2. The van der Waals surface area contributed by atoms with Crippen molar-refractivity contribution >= 4 is 119 Å². The van der Waals surface area contributed by atoms with Gasteiger partial charge in [0.1, 0.15) is 23.8 Å². The van der Waals surface area contributed by atoms with E-state index in [0.29, 0.717) is 29.4 Å². The minimum absolute atomic E-state index is 0.0226. The van der Waals surface area contributed by atoms with Crippen molar-refractivity contribution in [2.45, 2.75) is 0 Å². The number of hydrogen-bond acceptors (Lipinski definition) is 20. The summed E-state index contributed by atoms with van der Waals surface area (Å²) in [6.45, 7) is 0. The molecule has 2 amide bonds. The van der Waals surface area contributed by atoms with Crippen molar-refractivity contribution in [2.24, 2.45) is 9.98 Å². The van der Waals surface area contributed by atoms with Crippen molar-refractivity contribution in [3.8, 4) is 0 Å². The minimum Gasteiger partial charge on any atom is -0.438 e. The predicted molar refractivity (Wildman–Crippen MR) is 184 cm³/mol. The average Bonchev–Trinajstić information content (AvgIpc) is 2.99. The first-order valence-electron chi connectivity index (χ1n) is 11.9. The summed E-state index contributed by atoms with van der Waals surface area (Å²) in [5.41, 5.74) is 0. The molecule has 0 bridgehead atoms. The van der Waals surface area contributed by atoms with Gasteiger partial charge in [-0.25, -0.2) is 19.6 Å². The molecule has 0 saturated heterocycles. The van der Waals surface area contributed by atoms with Crippen molar-refractivity contribution < 1.29 is 48.8 Å². The third-order valence-corrected chi connectivity index (χ3v) is 10.0. The summed E-state index contributed by atoms with van der Waals surface area (Å²) in [5.74, 6) is 8.02. The van der Waals surface area contributed by atoms with E-state index >= 15 is 0 Å². The Bertz CT molecular complexity index is 680. The molecule has 0 heterocycles. The van der Waals surface area contributed by atoms with E-state index < -0.39 is 12.2 Å². The Labute approximate surface area is 280 Å². The van der Waals surface area contributed by atoms with Crippen LogP contribution in [0, 0.1) is 0 Å². The summed E-state index contributed by atoms with van der Waals surface area (Å²) in [6.07, 6.45) is 1.57. The van der Waals surface area contributed by atoms with Crippen LogP contribution in [0.2, 0.25) is 0 Å². The number of thioether (sulfide) groups is 8. The number of ether oxygens (including phenoxy) is 2. The SMILES string of the molecule is O=C(NCSCCSC/N=C/OOCSCCSCOC(=O)NCSCCSC/N=C\OOCSCO)OCSCO. The number of hydrogen-bond donors (Lipinski definition) is 4. The molecule has 14 nitrogen and oxygen atoms in total. The molecule has 246 valence electrons. The minimum atomic E-state index is -0.494. The molecule has 0 saturated carbocycles. The van der Waals surface area contributed by atoms with E-state index in [1.54, 1.807) is 58.8 Å². The van der Waals surface area contributed by atoms with Crippen molar-refractivity contribution in [2.75, 3.05) is 93.7 Å². The van der Waals surface area contributed by atoms with Crippen molar-refractivity contribution in [1.29, 1.82) is 0 Å². The predicted octanol–water partition coefficient (Wildman–Crippen LogP) is 3.82. The average molecular weight is 751 g/mol. The molecule has 0 aliphatic carbocycles. The fourth-order valence-electron chi connectivity index (χ4n) is 1.74. The summed E-state index contributed by atoms with van der Waals surface area (Å²) >= 11 is 11.8. The van der Waals surface area contributed by atoms with E-state index in [0.717, 1.165) is 46.3 Å². The highest BCUT2D eigenvalue weighted by Crippen LogP contribution is 2.09. The van der Waals surface area contributed by atoms with E-state index in [2.05, 4.69) is 25.5 Å². The maximum Gasteiger partial charge on any atom is 0.408 e. The number of rotatable bonds is 31. The maximum absolute atomic E-state index is 11.7. The molecule has 0 aromatic rings. The Hall–Kier alpha value is 0.120. The van der Waals surface area contributed by atoms with Gasteiger partial charge in [0.25, 0.3) is 0 Å². The van der Waals surface area contributed by atoms with Crippen LogP contribution in [-0.2, 0) is 29.0 Å². The summed E-state index contributed by atoms with van der Waals surface area (Å²) in [6, 6.07) is 0. The quantitative estimate of drug-likeness (QED) is 0.0201. The summed E-state index contributed by atoms with van der Waals surface area (Å²) in [4.78, 5) is 50.3. The molecular weight excluding hydrogens is 713 g/mol. The van der Waals surface area contributed by atoms with Crippen LogP contribution in [0.1, 0.15) is 0 Å². The van der Waals surface area contributed by atoms with E-state index in [9.17, 15) is 9.59 Å². The van der Waals surface area contributed by atoms with Gasteiger partial charge < -0.3 is 40.1 Å². The molecule has 0 aliphatic heterocycles. The van der Waals surface area contributed by atoms with Gasteiger partial charge in [-0.2, -0.15) is 9.78 Å². The van der Waals surface area contributed by atoms with Crippen LogP contribution in [0.3, 0.4) is 0 Å². The third-order valence-electron chi connectivity index (χ3n) is 3.45. The van der Waals surface area contributed by atoms with Crippen molar-refractivity contribution in [3.63, 3.8) is 0 Å². The molecule has 4 N–H and O–H groups in total. The van der Waals surface area contributed by atoms with Crippen LogP contribution in [0.4, 0.5) is 9.59 Å². The third kappa shape index (κ3) is 36.3. The molecule has 0 radical (unpaired) electrons. The lowest BCUT2D eigenvalue weighted by molar-refractivity contribution is -0.196. The lowest BCUT2D eigenvalue weighted by Crippen LogP contribution is -2.24. The zero-order chi connectivity index (χ0) is 30.6. The molecule has 42 heavy (non-hydrogen) atoms. The number of carbonyl (C=O) groups is 2. The molecule has 0 rings (SSSR count). The van der Waals surface area contributed by atoms with Crippen molar-refractivity contribution in [3.05, 3.63) is 0 Å². The topological polar surface area (TPSA) is 179 Å². The van der Waals surface area contributed by atoms with E-state index in [1.165, 1.54) is 36.3 Å². The Kier molecular flexibility index (Phi) is 37.4. The number of aliphatic imine (C=N–C) groups is 2. The monoisotopic (exact) mass is 750 g/mol. The molecular formula is C20H38N4O10S8. The van der Waals surface area contributed by atoms with Crippen LogP contribution in [0.25, 0.3) is 0 Å². The number of nitrogens with zero attached hydrogens (tertiary/aromatic N) is 2. The second-order valence-electron chi connectivity index (χ2n) is 6.36. The number of aliphatic hydroxyl groups excluding tert-OH is 2. The summed E-state index contributed by atoms with van der Waals surface area (Å²) in [7, 11) is 0. The molecule has 0 aromatic heterocycles. The first kappa shape index (κ1) is 42.1. The standard InChI is InChI=1S/C20H38N4O10S8/c25-13-41-16-30-20(28)24-12-38-4-2-35-9-21-7-31-33-17-40-6-5-39-15-29-19(27)23-11-37-3-1-36-10-22-8-32-34-18-42-14-26/h7-8,25-26H,1-6,9-18H2,(H,23,27)(H,24,28)/b21-7+,22-8-. The summed E-state index contributed by atoms with van der Waals surface area (Å²) < 4.78 is 9.92. The van der Waals surface area contributed by atoms with Gasteiger partial charge in [0.15, 0.2) is 0 Å². The number of aliphatic hydroxyl groups is 2. The fraction of sp³-hybridized carbons (Fsp3) is 0.800. The van der Waals surface area contributed by atoms with Crippen molar-refractivity contribution in [1.82, 2.24) is 10.6 Å². The molecule has 0 aliphatic rings. The lowest BCUT2D eigenvalue weighted by Gasteiger charge is -2.06. The van der Waals surface area contributed by atoms with Crippen LogP contribution >= 0.6 is 94.1 Å². The Morgan fingerprint density at radius 3 is 1.50 bits per heavy atom. The molecule has 0 atom stereocenters. The molecule has 0 spiro atoms. The van der Waals surface area contributed by atoms with E-state index in [1.807, 2.05) is 0 Å². The van der Waals surface area contributed by atoms with Gasteiger partial charge >= 0.3 is 12.2 Å². The zero-order valence-electron chi connectivity index (χ0n) is 22.8. The van der Waals surface area contributed by atoms with Crippen LogP contribution in [-0.4, -0.2) is 129 Å². The molecule has 22 heteroatoms. The fourth-order valence-corrected chi connectivity index (χ4v) is 6.90. The van der Waals surface area contributed by atoms with Gasteiger partial charge in [-0.15, -0.1) is 82.3 Å². The molecule has 0 unspecified atom stereocenters. The number of amides is 2. The molecule has 0 fully saturated rings.